The van der Waals surface area contributed by atoms with E-state index in [9.17, 15) is 0 Å². The van der Waals surface area contributed by atoms with Crippen LogP contribution in [0.2, 0.25) is 6.04 Å². The summed E-state index contributed by atoms with van der Waals surface area (Å²) < 4.78 is 0. The molecule has 1 nitrogen and oxygen atoms in total. The van der Waals surface area contributed by atoms with Gasteiger partial charge >= 0.3 is 0 Å². The molecule has 0 fully saturated rings. The van der Waals surface area contributed by atoms with E-state index in [0.717, 1.165) is 0 Å². The Kier molecular flexibility index (Phi) is 4.32. The first-order valence-corrected chi connectivity index (χ1v) is 3.43. The van der Waals surface area contributed by atoms with Gasteiger partial charge in [0, 0.05) is 0 Å². The van der Waals surface area contributed by atoms with Crippen LogP contribution in [-0.4, -0.2) is 9.68 Å². The lowest BCUT2D eigenvalue weighted by molar-refractivity contribution is 1.07. The van der Waals surface area contributed by atoms with Crippen LogP contribution in [0.25, 0.3) is 0 Å². The summed E-state index contributed by atoms with van der Waals surface area (Å²) in [4.78, 5) is 0. The zero-order chi connectivity index (χ0) is 4.12. The zero-order valence-electron chi connectivity index (χ0n) is 3.57. The molecule has 0 aliphatic heterocycles. The van der Waals surface area contributed by atoms with Crippen LogP contribution in [0, 0.1) is 0 Å². The molecule has 0 saturated carbocycles. The van der Waals surface area contributed by atoms with E-state index in [-0.39, 0.29) is 9.68 Å². The van der Waals surface area contributed by atoms with Crippen LogP contribution < -0.4 is 5.40 Å². The van der Waals surface area contributed by atoms with Gasteiger partial charge in [-0.2, -0.15) is 0 Å². The Bertz CT molecular complexity index is 14.4. The fourth-order valence-corrected chi connectivity index (χ4v) is 0.500. The second-order valence-corrected chi connectivity index (χ2v) is 2.07. The number of hydrogen-bond acceptors (Lipinski definition) is 1. The van der Waals surface area contributed by atoms with Gasteiger partial charge in [-0.05, 0) is 6.04 Å². The Morgan fingerprint density at radius 3 is 2.40 bits per heavy atom. The molecule has 0 aliphatic carbocycles. The second-order valence-electron chi connectivity index (χ2n) is 1.02. The summed E-state index contributed by atoms with van der Waals surface area (Å²) in [5.41, 5.74) is 0. The summed E-state index contributed by atoms with van der Waals surface area (Å²) >= 11 is 0. The van der Waals surface area contributed by atoms with Crippen molar-refractivity contribution in [3.05, 3.63) is 0 Å². The second kappa shape index (κ2) is 4.18. The molecule has 0 aliphatic rings. The summed E-state index contributed by atoms with van der Waals surface area (Å²) in [6.45, 7) is 2.15. The fraction of sp³-hybridized carbons (Fsp3) is 1.00. The van der Waals surface area contributed by atoms with E-state index in [0.29, 0.717) is 0 Å². The molecule has 0 aromatic heterocycles. The smallest absolute Gasteiger partial charge is 0.110 e. The van der Waals surface area contributed by atoms with Crippen molar-refractivity contribution in [1.29, 1.82) is 0 Å². The third-order valence-electron chi connectivity index (χ3n) is 0.455. The van der Waals surface area contributed by atoms with Crippen LogP contribution in [0.3, 0.4) is 0 Å². The normalized spacial score (nSPS) is 8.40. The lowest BCUT2D eigenvalue weighted by Crippen LogP contribution is -2.01. The van der Waals surface area contributed by atoms with Crippen molar-refractivity contribution in [2.75, 3.05) is 0 Å². The molecule has 2 N–H and O–H groups in total. The molecule has 0 heterocycles. The van der Waals surface area contributed by atoms with Crippen molar-refractivity contribution in [3.63, 3.8) is 0 Å². The van der Waals surface area contributed by atoms with E-state index >= 15 is 0 Å². The summed E-state index contributed by atoms with van der Waals surface area (Å²) in [6, 6.07) is 1.25. The maximum Gasteiger partial charge on any atom is 0.110 e. The number of rotatable bonds is 2. The summed E-state index contributed by atoms with van der Waals surface area (Å²) in [5, 5.41) is 5.22. The first-order valence-electron chi connectivity index (χ1n) is 1.95. The van der Waals surface area contributed by atoms with Gasteiger partial charge in [-0.25, -0.2) is 0 Å². The standard InChI is InChI=1S/C3H10NSi/c1-2-3-5-4/h5H,2-4H2,1H3. The maximum atomic E-state index is 5.22. The van der Waals surface area contributed by atoms with Crippen molar-refractivity contribution in [2.24, 2.45) is 5.40 Å². The summed E-state index contributed by atoms with van der Waals surface area (Å²) in [6.07, 6.45) is 1.26. The Morgan fingerprint density at radius 1 is 1.80 bits per heavy atom. The molecular formula is C3H10NSi. The van der Waals surface area contributed by atoms with E-state index in [4.69, 9.17) is 5.40 Å². The van der Waals surface area contributed by atoms with Crippen LogP contribution in [0.5, 0.6) is 0 Å². The molecule has 0 atom stereocenters. The molecular weight excluding hydrogens is 78.1 g/mol. The van der Waals surface area contributed by atoms with Gasteiger partial charge in [0.2, 0.25) is 0 Å². The molecule has 0 bridgehead atoms. The van der Waals surface area contributed by atoms with E-state index in [1.165, 1.54) is 12.5 Å². The van der Waals surface area contributed by atoms with Crippen molar-refractivity contribution in [1.82, 2.24) is 0 Å². The van der Waals surface area contributed by atoms with Crippen molar-refractivity contribution >= 4 is 9.68 Å². The van der Waals surface area contributed by atoms with Crippen LogP contribution in [0.1, 0.15) is 13.3 Å². The molecule has 5 heavy (non-hydrogen) atoms. The third-order valence-corrected chi connectivity index (χ3v) is 1.37. The van der Waals surface area contributed by atoms with E-state index in [1.807, 2.05) is 0 Å². The molecule has 0 amide bonds. The van der Waals surface area contributed by atoms with E-state index in [2.05, 4.69) is 6.92 Å². The Labute approximate surface area is 35.5 Å². The molecule has 0 aromatic carbocycles. The molecule has 0 unspecified atom stereocenters. The van der Waals surface area contributed by atoms with Crippen LogP contribution >= 0.6 is 0 Å². The van der Waals surface area contributed by atoms with Gasteiger partial charge in [0.1, 0.15) is 9.68 Å². The van der Waals surface area contributed by atoms with E-state index in [1.54, 1.807) is 0 Å². The molecule has 0 saturated heterocycles. The molecule has 31 valence electrons. The first-order chi connectivity index (χ1) is 2.41. The first kappa shape index (κ1) is 5.18. The summed E-state index contributed by atoms with van der Waals surface area (Å²) in [7, 11) is 0.286. The fourth-order valence-electron chi connectivity index (χ4n) is 0.167. The minimum atomic E-state index is 0.286. The Balaban J connectivity index is 2.19. The number of hydrogen-bond donors (Lipinski definition) is 1. The molecule has 0 rings (SSSR count). The van der Waals surface area contributed by atoms with Gasteiger partial charge in [0.15, 0.2) is 0 Å². The molecule has 2 heteroatoms. The van der Waals surface area contributed by atoms with Crippen LogP contribution in [0.15, 0.2) is 0 Å². The van der Waals surface area contributed by atoms with Crippen molar-refractivity contribution in [2.45, 2.75) is 19.4 Å². The zero-order valence-corrected chi connectivity index (χ0v) is 4.72. The predicted octanol–water partition coefficient (Wildman–Crippen LogP) is 0.125. The van der Waals surface area contributed by atoms with Gasteiger partial charge in [0.05, 0.1) is 0 Å². The van der Waals surface area contributed by atoms with Gasteiger partial charge < -0.3 is 5.40 Å². The minimum absolute atomic E-state index is 0.286. The molecule has 0 spiro atoms. The van der Waals surface area contributed by atoms with Crippen molar-refractivity contribution in [3.8, 4) is 0 Å². The molecule has 1 radical (unpaired) electrons. The highest BCUT2D eigenvalue weighted by Gasteiger charge is 1.70. The predicted molar refractivity (Wildman–Crippen MR) is 26.4 cm³/mol. The quantitative estimate of drug-likeness (QED) is 0.477. The minimum Gasteiger partial charge on any atom is -0.354 e. The monoisotopic (exact) mass is 88.1 g/mol. The maximum absolute atomic E-state index is 5.22. The van der Waals surface area contributed by atoms with Gasteiger partial charge in [-0.3, -0.25) is 0 Å². The van der Waals surface area contributed by atoms with Crippen LogP contribution in [-0.2, 0) is 0 Å². The Morgan fingerprint density at radius 2 is 2.40 bits per heavy atom. The lowest BCUT2D eigenvalue weighted by Gasteiger charge is -1.78. The summed E-state index contributed by atoms with van der Waals surface area (Å²) in [5.74, 6) is 0. The topological polar surface area (TPSA) is 26.0 Å². The SMILES string of the molecule is CCC[SiH]N. The number of nitrogens with two attached hydrogens (primary N) is 1. The highest BCUT2D eigenvalue weighted by atomic mass is 28.2. The van der Waals surface area contributed by atoms with Gasteiger partial charge in [0.25, 0.3) is 0 Å². The van der Waals surface area contributed by atoms with Crippen molar-refractivity contribution < 1.29 is 0 Å². The van der Waals surface area contributed by atoms with E-state index < -0.39 is 0 Å². The third kappa shape index (κ3) is 4.18. The van der Waals surface area contributed by atoms with Gasteiger partial charge in [-0.1, -0.05) is 13.3 Å². The molecule has 0 aromatic rings. The lowest BCUT2D eigenvalue weighted by atomic mass is 10.6. The highest BCUT2D eigenvalue weighted by Crippen LogP contribution is 1.77. The highest BCUT2D eigenvalue weighted by molar-refractivity contribution is 6.30. The Hall–Kier alpha value is 0.177. The largest absolute Gasteiger partial charge is 0.354 e. The average molecular weight is 88.2 g/mol. The van der Waals surface area contributed by atoms with Gasteiger partial charge in [-0.15, -0.1) is 0 Å². The van der Waals surface area contributed by atoms with Crippen LogP contribution in [0.4, 0.5) is 0 Å². The average Bonchev–Trinajstić information content (AvgIpc) is 1.41.